The smallest absolute Gasteiger partial charge is 0.270 e. The molecule has 0 radical (unpaired) electrons. The minimum Gasteiger partial charge on any atom is -0.368 e. The lowest BCUT2D eigenvalue weighted by molar-refractivity contribution is -0.384. The molecule has 0 saturated carbocycles. The van der Waals surface area contributed by atoms with Crippen molar-refractivity contribution in [1.82, 2.24) is 9.88 Å². The fraction of sp³-hybridized carbons (Fsp3) is 0.412. The largest absolute Gasteiger partial charge is 0.368 e. The van der Waals surface area contributed by atoms with E-state index >= 15 is 0 Å². The Morgan fingerprint density at radius 2 is 2.08 bits per heavy atom. The van der Waals surface area contributed by atoms with Crippen LogP contribution in [0.2, 0.25) is 0 Å². The summed E-state index contributed by atoms with van der Waals surface area (Å²) >= 11 is 1.69. The second-order valence-electron chi connectivity index (χ2n) is 6.17. The van der Waals surface area contributed by atoms with Crippen molar-refractivity contribution < 1.29 is 9.72 Å². The topological polar surface area (TPSA) is 106 Å². The van der Waals surface area contributed by atoms with E-state index in [4.69, 9.17) is 5.73 Å². The number of anilines is 1. The number of non-ortho nitro benzene ring substituents is 1. The molecular formula is C17H21N5O3S. The van der Waals surface area contributed by atoms with Gasteiger partial charge in [-0.2, -0.15) is 0 Å². The number of carbonyl (C=O) groups is 1. The van der Waals surface area contributed by atoms with Crippen LogP contribution in [0.4, 0.5) is 11.4 Å². The lowest BCUT2D eigenvalue weighted by Crippen LogP contribution is -2.46. The summed E-state index contributed by atoms with van der Waals surface area (Å²) < 4.78 is 0. The first-order valence-corrected chi connectivity index (χ1v) is 9.34. The van der Waals surface area contributed by atoms with E-state index in [1.54, 1.807) is 17.4 Å². The molecule has 138 valence electrons. The van der Waals surface area contributed by atoms with Crippen LogP contribution >= 0.6 is 11.3 Å². The van der Waals surface area contributed by atoms with Crippen molar-refractivity contribution in [3.05, 3.63) is 50.0 Å². The molecule has 0 aliphatic carbocycles. The normalized spacial score (nSPS) is 15.2. The van der Waals surface area contributed by atoms with Gasteiger partial charge in [-0.05, 0) is 12.5 Å². The average Bonchev–Trinajstić information content (AvgIpc) is 3.09. The molecule has 0 atom stereocenters. The quantitative estimate of drug-likeness (QED) is 0.612. The number of benzene rings is 1. The molecule has 26 heavy (non-hydrogen) atoms. The van der Waals surface area contributed by atoms with E-state index in [9.17, 15) is 14.9 Å². The van der Waals surface area contributed by atoms with Gasteiger partial charge in [0.25, 0.3) is 11.6 Å². The number of hydrogen-bond acceptors (Lipinski definition) is 7. The van der Waals surface area contributed by atoms with Crippen LogP contribution in [0.1, 0.15) is 28.0 Å². The molecule has 9 heteroatoms. The first-order valence-electron chi connectivity index (χ1n) is 8.46. The number of aromatic nitrogens is 1. The highest BCUT2D eigenvalue weighted by molar-refractivity contribution is 7.09. The SMILES string of the molecule is CCc1nc(CN2CCN(c3ccc([N+](=O)[O-])cc3C(N)=O)CC2)cs1. The van der Waals surface area contributed by atoms with E-state index in [0.29, 0.717) is 5.69 Å². The second-order valence-corrected chi connectivity index (χ2v) is 7.11. The number of carbonyl (C=O) groups excluding carboxylic acids is 1. The van der Waals surface area contributed by atoms with E-state index in [0.717, 1.165) is 49.8 Å². The van der Waals surface area contributed by atoms with Gasteiger partial charge >= 0.3 is 0 Å². The van der Waals surface area contributed by atoms with E-state index in [1.165, 1.54) is 12.1 Å². The zero-order valence-corrected chi connectivity index (χ0v) is 15.4. The summed E-state index contributed by atoms with van der Waals surface area (Å²) in [4.78, 5) is 31.1. The monoisotopic (exact) mass is 375 g/mol. The maximum absolute atomic E-state index is 11.7. The minimum absolute atomic E-state index is 0.128. The molecule has 3 rings (SSSR count). The standard InChI is InChI=1S/C17H21N5O3S/c1-2-16-19-12(11-26-16)10-20-5-7-21(8-6-20)15-4-3-13(22(24)25)9-14(15)17(18)23/h3-4,9,11H,2,5-8,10H2,1H3,(H2,18,23). The number of piperazine rings is 1. The fourth-order valence-corrected chi connectivity index (χ4v) is 3.81. The molecule has 1 aromatic carbocycles. The lowest BCUT2D eigenvalue weighted by Gasteiger charge is -2.36. The average molecular weight is 375 g/mol. The Kier molecular flexibility index (Phi) is 5.48. The molecule has 2 N–H and O–H groups in total. The van der Waals surface area contributed by atoms with Crippen molar-refractivity contribution in [1.29, 1.82) is 0 Å². The predicted octanol–water partition coefficient (Wildman–Crippen LogP) is 2.03. The third-order valence-corrected chi connectivity index (χ3v) is 5.50. The van der Waals surface area contributed by atoms with Crippen LogP contribution in [0.25, 0.3) is 0 Å². The molecule has 1 aliphatic heterocycles. The maximum atomic E-state index is 11.7. The van der Waals surface area contributed by atoms with Crippen LogP contribution in [0, 0.1) is 10.1 Å². The second kappa shape index (κ2) is 7.79. The van der Waals surface area contributed by atoms with E-state index < -0.39 is 10.8 Å². The van der Waals surface area contributed by atoms with Crippen molar-refractivity contribution in [2.75, 3.05) is 31.1 Å². The maximum Gasteiger partial charge on any atom is 0.270 e. The van der Waals surface area contributed by atoms with Crippen molar-refractivity contribution in [2.45, 2.75) is 19.9 Å². The number of primary amides is 1. The molecule has 0 spiro atoms. The van der Waals surface area contributed by atoms with Crippen molar-refractivity contribution in [3.8, 4) is 0 Å². The third-order valence-electron chi connectivity index (χ3n) is 4.46. The number of aryl methyl sites for hydroxylation is 1. The first kappa shape index (κ1) is 18.3. The van der Waals surface area contributed by atoms with Crippen LogP contribution < -0.4 is 10.6 Å². The third kappa shape index (κ3) is 4.00. The zero-order chi connectivity index (χ0) is 18.7. The molecule has 2 heterocycles. The summed E-state index contributed by atoms with van der Waals surface area (Å²) in [6.07, 6.45) is 0.953. The van der Waals surface area contributed by atoms with Gasteiger partial charge in [0.1, 0.15) is 0 Å². The van der Waals surface area contributed by atoms with Crippen molar-refractivity contribution in [3.63, 3.8) is 0 Å². The van der Waals surface area contributed by atoms with Crippen molar-refractivity contribution >= 4 is 28.6 Å². The summed E-state index contributed by atoms with van der Waals surface area (Å²) in [6.45, 7) is 6.02. The highest BCUT2D eigenvalue weighted by Crippen LogP contribution is 2.26. The highest BCUT2D eigenvalue weighted by Gasteiger charge is 2.23. The number of amides is 1. The number of nitro groups is 1. The Hall–Kier alpha value is -2.52. The molecule has 1 aromatic heterocycles. The van der Waals surface area contributed by atoms with Crippen LogP contribution in [0.15, 0.2) is 23.6 Å². The molecule has 8 nitrogen and oxygen atoms in total. The molecular weight excluding hydrogens is 354 g/mol. The van der Waals surface area contributed by atoms with Crippen LogP contribution in [-0.2, 0) is 13.0 Å². The van der Waals surface area contributed by atoms with Crippen LogP contribution in [-0.4, -0.2) is 46.9 Å². The van der Waals surface area contributed by atoms with E-state index in [-0.39, 0.29) is 11.3 Å². The van der Waals surface area contributed by atoms with Gasteiger partial charge in [-0.25, -0.2) is 4.98 Å². The highest BCUT2D eigenvalue weighted by atomic mass is 32.1. The van der Waals surface area contributed by atoms with Crippen LogP contribution in [0.3, 0.4) is 0 Å². The summed E-state index contributed by atoms with van der Waals surface area (Å²) in [7, 11) is 0. The zero-order valence-electron chi connectivity index (χ0n) is 14.6. The van der Waals surface area contributed by atoms with Gasteiger partial charge in [0, 0.05) is 50.2 Å². The van der Waals surface area contributed by atoms with Gasteiger partial charge in [-0.1, -0.05) is 6.92 Å². The summed E-state index contributed by atoms with van der Waals surface area (Å²) in [5.74, 6) is -0.652. The molecule has 0 unspecified atom stereocenters. The number of thiazole rings is 1. The summed E-state index contributed by atoms with van der Waals surface area (Å²) in [5.41, 5.74) is 7.24. The van der Waals surface area contributed by atoms with E-state index in [1.807, 2.05) is 0 Å². The number of nitro benzene ring substituents is 1. The Balaban J connectivity index is 1.67. The number of hydrogen-bond donors (Lipinski definition) is 1. The van der Waals surface area contributed by atoms with Crippen molar-refractivity contribution in [2.24, 2.45) is 5.73 Å². The minimum atomic E-state index is -0.652. The Morgan fingerprint density at radius 3 is 2.65 bits per heavy atom. The summed E-state index contributed by atoms with van der Waals surface area (Å²) in [6, 6.07) is 4.28. The van der Waals surface area contributed by atoms with Gasteiger partial charge in [0.05, 0.1) is 26.9 Å². The van der Waals surface area contributed by atoms with Crippen LogP contribution in [0.5, 0.6) is 0 Å². The number of nitrogens with two attached hydrogens (primary N) is 1. The molecule has 1 fully saturated rings. The Bertz CT molecular complexity index is 814. The predicted molar refractivity (Wildman–Crippen MR) is 101 cm³/mol. The molecule has 1 amide bonds. The Labute approximate surface area is 155 Å². The van der Waals surface area contributed by atoms with Gasteiger partial charge < -0.3 is 10.6 Å². The molecule has 1 aliphatic rings. The molecule has 1 saturated heterocycles. The lowest BCUT2D eigenvalue weighted by atomic mass is 10.1. The first-order chi connectivity index (χ1) is 12.5. The van der Waals surface area contributed by atoms with Gasteiger partial charge in [-0.15, -0.1) is 11.3 Å². The molecule has 2 aromatic rings. The van der Waals surface area contributed by atoms with E-state index in [2.05, 4.69) is 27.1 Å². The van der Waals surface area contributed by atoms with Gasteiger partial charge in [0.15, 0.2) is 0 Å². The molecule has 0 bridgehead atoms. The number of nitrogens with zero attached hydrogens (tertiary/aromatic N) is 4. The summed E-state index contributed by atoms with van der Waals surface area (Å²) in [5, 5.41) is 14.2. The Morgan fingerprint density at radius 1 is 1.35 bits per heavy atom. The number of rotatable bonds is 6. The van der Waals surface area contributed by atoms with Gasteiger partial charge in [0.2, 0.25) is 0 Å². The van der Waals surface area contributed by atoms with Gasteiger partial charge in [-0.3, -0.25) is 19.8 Å². The fourth-order valence-electron chi connectivity index (χ4n) is 3.07.